The summed E-state index contributed by atoms with van der Waals surface area (Å²) in [5.41, 5.74) is 0.978. The average Bonchev–Trinajstić information content (AvgIpc) is 2.69. The van der Waals surface area contributed by atoms with Gasteiger partial charge in [0, 0.05) is 4.88 Å². The van der Waals surface area contributed by atoms with Gasteiger partial charge in [0.25, 0.3) is 0 Å². The van der Waals surface area contributed by atoms with Crippen molar-refractivity contribution in [1.29, 1.82) is 0 Å². The summed E-state index contributed by atoms with van der Waals surface area (Å²) in [4.78, 5) is 17.2. The number of nitrogens with one attached hydrogen (secondary N) is 2. The number of anilines is 1. The van der Waals surface area contributed by atoms with Crippen molar-refractivity contribution in [2.45, 2.75) is 39.2 Å². The molecule has 5 nitrogen and oxygen atoms in total. The number of ether oxygens (including phenoxy) is 1. The van der Waals surface area contributed by atoms with E-state index in [1.807, 2.05) is 13.8 Å². The van der Waals surface area contributed by atoms with E-state index < -0.39 is 0 Å². The van der Waals surface area contributed by atoms with Gasteiger partial charge in [-0.15, -0.1) is 11.3 Å². The average molecular weight is 283 g/mol. The van der Waals surface area contributed by atoms with E-state index in [0.717, 1.165) is 36.5 Å². The van der Waals surface area contributed by atoms with Gasteiger partial charge in [0.2, 0.25) is 5.91 Å². The van der Waals surface area contributed by atoms with Crippen LogP contribution in [0.1, 0.15) is 29.8 Å². The summed E-state index contributed by atoms with van der Waals surface area (Å²) in [6, 6.07) is 0. The molecular formula is C13H21N3O2S. The fraction of sp³-hybridized carbons (Fsp3) is 0.692. The molecule has 0 atom stereocenters. The minimum absolute atomic E-state index is 0.0253. The summed E-state index contributed by atoms with van der Waals surface area (Å²) in [7, 11) is 0. The van der Waals surface area contributed by atoms with E-state index in [1.165, 1.54) is 11.3 Å². The van der Waals surface area contributed by atoms with Gasteiger partial charge >= 0.3 is 0 Å². The molecule has 0 bridgehead atoms. The Hall–Kier alpha value is -0.980. The van der Waals surface area contributed by atoms with E-state index in [-0.39, 0.29) is 5.91 Å². The van der Waals surface area contributed by atoms with E-state index in [0.29, 0.717) is 24.3 Å². The topological polar surface area (TPSA) is 63.2 Å². The molecule has 0 unspecified atom stereocenters. The number of carbonyl (C=O) groups excluding carboxylic acids is 1. The zero-order valence-corrected chi connectivity index (χ0v) is 12.3. The van der Waals surface area contributed by atoms with Crippen molar-refractivity contribution >= 4 is 22.4 Å². The molecule has 1 aromatic heterocycles. The number of piperidine rings is 1. The molecular weight excluding hydrogens is 262 g/mol. The summed E-state index contributed by atoms with van der Waals surface area (Å²) >= 11 is 1.51. The molecule has 1 fully saturated rings. The van der Waals surface area contributed by atoms with Gasteiger partial charge in [0.15, 0.2) is 5.13 Å². The molecule has 1 aliphatic heterocycles. The number of nitrogens with zero attached hydrogens (tertiary/aromatic N) is 1. The first kappa shape index (κ1) is 14.4. The molecule has 1 saturated heterocycles. The maximum absolute atomic E-state index is 11.7. The predicted molar refractivity (Wildman–Crippen MR) is 76.7 cm³/mol. The van der Waals surface area contributed by atoms with Gasteiger partial charge in [-0.25, -0.2) is 4.98 Å². The second-order valence-corrected chi connectivity index (χ2v) is 5.98. The third-order valence-corrected chi connectivity index (χ3v) is 4.23. The quantitative estimate of drug-likeness (QED) is 0.866. The zero-order chi connectivity index (χ0) is 13.7. The van der Waals surface area contributed by atoms with Crippen LogP contribution in [0.4, 0.5) is 5.13 Å². The van der Waals surface area contributed by atoms with Crippen LogP contribution in [0.25, 0.3) is 0 Å². The van der Waals surface area contributed by atoms with E-state index in [4.69, 9.17) is 4.74 Å². The Morgan fingerprint density at radius 3 is 2.84 bits per heavy atom. The molecule has 2 N–H and O–H groups in total. The second-order valence-electron chi connectivity index (χ2n) is 4.78. The lowest BCUT2D eigenvalue weighted by atomic mass is 10.1. The highest BCUT2D eigenvalue weighted by Gasteiger charge is 2.14. The number of hydrogen-bond acceptors (Lipinski definition) is 5. The maximum atomic E-state index is 11.7. The van der Waals surface area contributed by atoms with Gasteiger partial charge in [-0.3, -0.25) is 4.79 Å². The van der Waals surface area contributed by atoms with Crippen LogP contribution in [0.3, 0.4) is 0 Å². The molecule has 0 spiro atoms. The van der Waals surface area contributed by atoms with Crippen molar-refractivity contribution in [2.24, 2.45) is 0 Å². The summed E-state index contributed by atoms with van der Waals surface area (Å²) in [5.74, 6) is -0.0253. The van der Waals surface area contributed by atoms with E-state index in [2.05, 4.69) is 15.6 Å². The van der Waals surface area contributed by atoms with Gasteiger partial charge in [0.1, 0.15) is 0 Å². The monoisotopic (exact) mass is 283 g/mol. The highest BCUT2D eigenvalue weighted by Crippen LogP contribution is 2.21. The van der Waals surface area contributed by atoms with Crippen molar-refractivity contribution < 1.29 is 9.53 Å². The lowest BCUT2D eigenvalue weighted by molar-refractivity contribution is -0.117. The predicted octanol–water partition coefficient (Wildman–Crippen LogP) is 1.86. The first-order valence-electron chi connectivity index (χ1n) is 6.71. The molecule has 2 heterocycles. The van der Waals surface area contributed by atoms with Gasteiger partial charge in [-0.05, 0) is 39.8 Å². The smallest absolute Gasteiger partial charge is 0.228 e. The molecule has 19 heavy (non-hydrogen) atoms. The number of hydrogen-bond donors (Lipinski definition) is 2. The van der Waals surface area contributed by atoms with Gasteiger partial charge in [-0.2, -0.15) is 0 Å². The number of amides is 1. The van der Waals surface area contributed by atoms with Crippen molar-refractivity contribution in [3.8, 4) is 0 Å². The van der Waals surface area contributed by atoms with Crippen molar-refractivity contribution in [3.63, 3.8) is 0 Å². The Bertz CT molecular complexity index is 408. The normalized spacial score (nSPS) is 16.5. The molecule has 0 saturated carbocycles. The summed E-state index contributed by atoms with van der Waals surface area (Å²) in [6.45, 7) is 6.45. The largest absolute Gasteiger partial charge is 0.378 e. The van der Waals surface area contributed by atoms with Gasteiger partial charge < -0.3 is 15.4 Å². The van der Waals surface area contributed by atoms with Gasteiger partial charge in [-0.1, -0.05) is 0 Å². The molecule has 1 amide bonds. The number of thiazole rings is 1. The Labute approximate surface area is 117 Å². The number of aryl methyl sites for hydroxylation is 2. The van der Waals surface area contributed by atoms with Gasteiger partial charge in [0.05, 0.1) is 24.8 Å². The third kappa shape index (κ3) is 4.56. The lowest BCUT2D eigenvalue weighted by Crippen LogP contribution is -2.33. The fourth-order valence-electron chi connectivity index (χ4n) is 1.99. The van der Waals surface area contributed by atoms with E-state index in [9.17, 15) is 4.79 Å². The highest BCUT2D eigenvalue weighted by atomic mass is 32.1. The molecule has 2 rings (SSSR count). The second kappa shape index (κ2) is 6.98. The molecule has 1 aliphatic rings. The molecule has 1 aromatic rings. The lowest BCUT2D eigenvalue weighted by Gasteiger charge is -2.22. The number of rotatable bonds is 5. The SMILES string of the molecule is Cc1nc(NC(=O)CCOC2CCNCC2)sc1C. The van der Waals surface area contributed by atoms with Crippen LogP contribution in [0, 0.1) is 13.8 Å². The molecule has 6 heteroatoms. The fourth-order valence-corrected chi connectivity index (χ4v) is 2.82. The first-order valence-corrected chi connectivity index (χ1v) is 7.53. The zero-order valence-electron chi connectivity index (χ0n) is 11.5. The van der Waals surface area contributed by atoms with Crippen LogP contribution in [-0.4, -0.2) is 36.7 Å². The van der Waals surface area contributed by atoms with Crippen LogP contribution in [0.5, 0.6) is 0 Å². The molecule has 0 aromatic carbocycles. The number of aromatic nitrogens is 1. The minimum Gasteiger partial charge on any atom is -0.378 e. The molecule has 106 valence electrons. The Morgan fingerprint density at radius 1 is 1.47 bits per heavy atom. The third-order valence-electron chi connectivity index (χ3n) is 3.24. The molecule has 0 radical (unpaired) electrons. The van der Waals surface area contributed by atoms with Crippen LogP contribution in [0.2, 0.25) is 0 Å². The van der Waals surface area contributed by atoms with E-state index in [1.54, 1.807) is 0 Å². The summed E-state index contributed by atoms with van der Waals surface area (Å²) in [5, 5.41) is 6.79. The highest BCUT2D eigenvalue weighted by molar-refractivity contribution is 7.15. The molecule has 0 aliphatic carbocycles. The van der Waals surface area contributed by atoms with Crippen molar-refractivity contribution in [2.75, 3.05) is 25.0 Å². The van der Waals surface area contributed by atoms with E-state index >= 15 is 0 Å². The summed E-state index contributed by atoms with van der Waals surface area (Å²) < 4.78 is 5.70. The number of carbonyl (C=O) groups is 1. The van der Waals surface area contributed by atoms with Crippen molar-refractivity contribution in [3.05, 3.63) is 10.6 Å². The van der Waals surface area contributed by atoms with Crippen molar-refractivity contribution in [1.82, 2.24) is 10.3 Å². The summed E-state index contributed by atoms with van der Waals surface area (Å²) in [6.07, 6.45) is 2.76. The Morgan fingerprint density at radius 2 is 2.21 bits per heavy atom. The minimum atomic E-state index is -0.0253. The van der Waals surface area contributed by atoms with Crippen LogP contribution < -0.4 is 10.6 Å². The Kier molecular flexibility index (Phi) is 5.30. The van der Waals surface area contributed by atoms with Crippen LogP contribution in [-0.2, 0) is 9.53 Å². The maximum Gasteiger partial charge on any atom is 0.228 e. The Balaban J connectivity index is 1.66. The van der Waals surface area contributed by atoms with Crippen LogP contribution >= 0.6 is 11.3 Å². The first-order chi connectivity index (χ1) is 9.15. The standard InChI is InChI=1S/C13H21N3O2S/c1-9-10(2)19-13(15-9)16-12(17)5-8-18-11-3-6-14-7-4-11/h11,14H,3-8H2,1-2H3,(H,15,16,17). The van der Waals surface area contributed by atoms with Crippen LogP contribution in [0.15, 0.2) is 0 Å².